The minimum absolute atomic E-state index is 0.111. The molecule has 1 nitrogen and oxygen atoms in total. The molecule has 1 aromatic heterocycles. The van der Waals surface area contributed by atoms with Gasteiger partial charge >= 0.3 is 0 Å². The van der Waals surface area contributed by atoms with E-state index in [-0.39, 0.29) is 5.41 Å². The summed E-state index contributed by atoms with van der Waals surface area (Å²) in [5.74, 6) is 0. The lowest BCUT2D eigenvalue weighted by molar-refractivity contribution is 0.642. The SMILES string of the molecule is CC1(C)c2cc(-c3cccc(-c4cc(-c5ccccc5)cc(-c5ccccc5)n4)c3)ccc2-c2ccc3c(c21)Sc1ccccc1S3. The zero-order chi connectivity index (χ0) is 31.5. The highest BCUT2D eigenvalue weighted by molar-refractivity contribution is 8.05. The smallest absolute Gasteiger partial charge is 0.0715 e. The van der Waals surface area contributed by atoms with Gasteiger partial charge in [0.25, 0.3) is 0 Å². The van der Waals surface area contributed by atoms with E-state index in [9.17, 15) is 0 Å². The highest BCUT2D eigenvalue weighted by Crippen LogP contribution is 2.58. The fourth-order valence-corrected chi connectivity index (χ4v) is 9.69. The quantitative estimate of drug-likeness (QED) is 0.191. The molecule has 0 amide bonds. The molecule has 1 aliphatic carbocycles. The minimum atomic E-state index is -0.111. The molecular weight excluding hydrogens is 607 g/mol. The van der Waals surface area contributed by atoms with Crippen molar-refractivity contribution in [3.8, 4) is 55.9 Å². The summed E-state index contributed by atoms with van der Waals surface area (Å²) in [4.78, 5) is 10.7. The Hall–Kier alpha value is -4.83. The molecule has 224 valence electrons. The van der Waals surface area contributed by atoms with E-state index in [1.54, 1.807) is 0 Å². The Kier molecular flexibility index (Phi) is 6.74. The molecule has 0 fully saturated rings. The van der Waals surface area contributed by atoms with E-state index in [0.717, 1.165) is 22.5 Å². The van der Waals surface area contributed by atoms with E-state index < -0.39 is 0 Å². The highest BCUT2D eigenvalue weighted by Gasteiger charge is 2.39. The molecule has 0 unspecified atom stereocenters. The van der Waals surface area contributed by atoms with Gasteiger partial charge in [-0.3, -0.25) is 0 Å². The first-order chi connectivity index (χ1) is 23.0. The van der Waals surface area contributed by atoms with Crippen molar-refractivity contribution in [3.63, 3.8) is 0 Å². The number of hydrogen-bond donors (Lipinski definition) is 0. The molecule has 0 radical (unpaired) electrons. The zero-order valence-electron chi connectivity index (χ0n) is 26.2. The number of fused-ring (bicyclic) bond motifs is 6. The van der Waals surface area contributed by atoms with Gasteiger partial charge in [-0.25, -0.2) is 4.98 Å². The van der Waals surface area contributed by atoms with E-state index in [4.69, 9.17) is 4.98 Å². The molecule has 0 spiro atoms. The van der Waals surface area contributed by atoms with Crippen molar-refractivity contribution in [2.75, 3.05) is 0 Å². The monoisotopic (exact) mass is 637 g/mol. The fourth-order valence-electron chi connectivity index (χ4n) is 7.14. The van der Waals surface area contributed by atoms with Gasteiger partial charge in [0.05, 0.1) is 11.4 Å². The Balaban J connectivity index is 1.12. The van der Waals surface area contributed by atoms with Gasteiger partial charge in [-0.05, 0) is 87.0 Å². The molecular formula is C44H31NS2. The number of nitrogens with zero attached hydrogens (tertiary/aromatic N) is 1. The molecule has 0 N–H and O–H groups in total. The van der Waals surface area contributed by atoms with Gasteiger partial charge < -0.3 is 0 Å². The summed E-state index contributed by atoms with van der Waals surface area (Å²) in [6.07, 6.45) is 0. The van der Waals surface area contributed by atoms with Gasteiger partial charge in [-0.15, -0.1) is 0 Å². The highest BCUT2D eigenvalue weighted by atomic mass is 32.2. The second-order valence-electron chi connectivity index (χ2n) is 12.8. The number of pyridine rings is 1. The molecule has 0 atom stereocenters. The molecule has 2 heterocycles. The van der Waals surface area contributed by atoms with Crippen LogP contribution in [-0.2, 0) is 5.41 Å². The lowest BCUT2D eigenvalue weighted by atomic mass is 9.81. The normalized spacial score (nSPS) is 13.7. The Labute approximate surface area is 284 Å². The van der Waals surface area contributed by atoms with E-state index >= 15 is 0 Å². The number of hydrogen-bond acceptors (Lipinski definition) is 3. The van der Waals surface area contributed by atoms with E-state index in [1.807, 2.05) is 23.5 Å². The van der Waals surface area contributed by atoms with E-state index in [0.29, 0.717) is 0 Å². The molecule has 7 aromatic rings. The Bertz CT molecular complexity index is 2270. The van der Waals surface area contributed by atoms with Crippen molar-refractivity contribution in [1.82, 2.24) is 4.98 Å². The van der Waals surface area contributed by atoms with Crippen molar-refractivity contribution in [3.05, 3.63) is 163 Å². The predicted molar refractivity (Wildman–Crippen MR) is 198 cm³/mol. The van der Waals surface area contributed by atoms with Crippen molar-refractivity contribution in [2.45, 2.75) is 38.8 Å². The second-order valence-corrected chi connectivity index (χ2v) is 14.9. The standard InChI is InChI=1S/C44H31NS2/c1-44(2)36-25-31(20-21-34(36)35-22-23-41-43(42(35)44)47-40-19-10-9-18-39(40)46-41)30-16-11-17-32(24-30)38-27-33(28-12-5-3-6-13-28)26-37(45-38)29-14-7-4-8-15-29/h3-27H,1-2H3. The summed E-state index contributed by atoms with van der Waals surface area (Å²) in [5, 5.41) is 0. The van der Waals surface area contributed by atoms with Crippen molar-refractivity contribution in [2.24, 2.45) is 0 Å². The van der Waals surface area contributed by atoms with Crippen LogP contribution in [0.25, 0.3) is 55.9 Å². The van der Waals surface area contributed by atoms with Crippen molar-refractivity contribution >= 4 is 23.5 Å². The maximum atomic E-state index is 5.19. The largest absolute Gasteiger partial charge is 0.248 e. The Morgan fingerprint density at radius 2 is 1.02 bits per heavy atom. The summed E-state index contributed by atoms with van der Waals surface area (Å²) in [6, 6.07) is 54.9. The number of aromatic nitrogens is 1. The van der Waals surface area contributed by atoms with Crippen LogP contribution in [0.4, 0.5) is 0 Å². The van der Waals surface area contributed by atoms with Crippen LogP contribution in [0.15, 0.2) is 171 Å². The molecule has 2 aliphatic rings. The van der Waals surface area contributed by atoms with Crippen LogP contribution in [0.5, 0.6) is 0 Å². The third-order valence-corrected chi connectivity index (χ3v) is 12.1. The first-order valence-electron chi connectivity index (χ1n) is 16.0. The van der Waals surface area contributed by atoms with E-state index in [2.05, 4.69) is 166 Å². The van der Waals surface area contributed by atoms with Crippen molar-refractivity contribution in [1.29, 1.82) is 0 Å². The average Bonchev–Trinajstić information content (AvgIpc) is 3.37. The molecule has 1 aliphatic heterocycles. The summed E-state index contributed by atoms with van der Waals surface area (Å²) in [6.45, 7) is 4.79. The van der Waals surface area contributed by atoms with Crippen LogP contribution in [0.3, 0.4) is 0 Å². The predicted octanol–water partition coefficient (Wildman–Crippen LogP) is 12.7. The zero-order valence-corrected chi connectivity index (χ0v) is 27.8. The Morgan fingerprint density at radius 1 is 0.426 bits per heavy atom. The van der Waals surface area contributed by atoms with Gasteiger partial charge in [0, 0.05) is 36.1 Å². The van der Waals surface area contributed by atoms with Crippen LogP contribution < -0.4 is 0 Å². The summed E-state index contributed by atoms with van der Waals surface area (Å²) < 4.78 is 0. The maximum absolute atomic E-state index is 5.19. The average molecular weight is 638 g/mol. The molecule has 0 saturated heterocycles. The van der Waals surface area contributed by atoms with Crippen LogP contribution in [-0.4, -0.2) is 4.98 Å². The first-order valence-corrected chi connectivity index (χ1v) is 17.7. The van der Waals surface area contributed by atoms with E-state index in [1.165, 1.54) is 64.1 Å². The van der Waals surface area contributed by atoms with Crippen LogP contribution in [0, 0.1) is 0 Å². The van der Waals surface area contributed by atoms with Gasteiger partial charge in [0.2, 0.25) is 0 Å². The summed E-state index contributed by atoms with van der Waals surface area (Å²) in [7, 11) is 0. The summed E-state index contributed by atoms with van der Waals surface area (Å²) >= 11 is 3.83. The van der Waals surface area contributed by atoms with Crippen LogP contribution in [0.2, 0.25) is 0 Å². The van der Waals surface area contributed by atoms with Gasteiger partial charge in [-0.1, -0.05) is 147 Å². The van der Waals surface area contributed by atoms with Crippen molar-refractivity contribution < 1.29 is 0 Å². The minimum Gasteiger partial charge on any atom is -0.248 e. The van der Waals surface area contributed by atoms with Crippen LogP contribution in [0.1, 0.15) is 25.0 Å². The molecule has 3 heteroatoms. The molecule has 47 heavy (non-hydrogen) atoms. The third kappa shape index (κ3) is 4.85. The summed E-state index contributed by atoms with van der Waals surface area (Å²) in [5.41, 5.74) is 14.4. The molecule has 0 bridgehead atoms. The second kappa shape index (κ2) is 11.2. The van der Waals surface area contributed by atoms with Gasteiger partial charge in [0.15, 0.2) is 0 Å². The maximum Gasteiger partial charge on any atom is 0.0715 e. The number of benzene rings is 6. The Morgan fingerprint density at radius 3 is 1.79 bits per heavy atom. The lowest BCUT2D eigenvalue weighted by Gasteiger charge is -2.28. The molecule has 6 aromatic carbocycles. The topological polar surface area (TPSA) is 12.9 Å². The third-order valence-electron chi connectivity index (χ3n) is 9.50. The number of rotatable bonds is 4. The van der Waals surface area contributed by atoms with Gasteiger partial charge in [0.1, 0.15) is 0 Å². The molecule has 9 rings (SSSR count). The lowest BCUT2D eigenvalue weighted by Crippen LogP contribution is -2.17. The molecule has 0 saturated carbocycles. The van der Waals surface area contributed by atoms with Crippen LogP contribution >= 0.6 is 23.5 Å². The first kappa shape index (κ1) is 28.4. The van der Waals surface area contributed by atoms with Gasteiger partial charge in [-0.2, -0.15) is 0 Å². The fraction of sp³-hybridized carbons (Fsp3) is 0.0682.